The van der Waals surface area contributed by atoms with Gasteiger partial charge in [-0.3, -0.25) is 4.79 Å². The van der Waals surface area contributed by atoms with Gasteiger partial charge in [-0.15, -0.1) is 0 Å². The molecule has 1 aliphatic heterocycles. The highest BCUT2D eigenvalue weighted by molar-refractivity contribution is 7.90. The maximum atomic E-state index is 12.1. The van der Waals surface area contributed by atoms with Crippen LogP contribution in [0.3, 0.4) is 0 Å². The second-order valence-corrected chi connectivity index (χ2v) is 9.50. The van der Waals surface area contributed by atoms with Crippen LogP contribution in [0.25, 0.3) is 0 Å². The van der Waals surface area contributed by atoms with Crippen molar-refractivity contribution >= 4 is 56.4 Å². The van der Waals surface area contributed by atoms with Crippen LogP contribution in [0.2, 0.25) is 10.0 Å². The van der Waals surface area contributed by atoms with Gasteiger partial charge in [-0.05, 0) is 31.0 Å². The number of anilines is 3. The number of nitrogens with zero attached hydrogens (tertiary/aromatic N) is 3. The molecule has 156 valence electrons. The molecule has 0 saturated carbocycles. The van der Waals surface area contributed by atoms with E-state index in [1.54, 1.807) is 18.2 Å². The zero-order chi connectivity index (χ0) is 21.0. The van der Waals surface area contributed by atoms with Gasteiger partial charge in [0, 0.05) is 38.0 Å². The van der Waals surface area contributed by atoms with E-state index in [-0.39, 0.29) is 22.6 Å². The number of sulfone groups is 1. The first-order valence-corrected chi connectivity index (χ1v) is 11.7. The summed E-state index contributed by atoms with van der Waals surface area (Å²) in [6.45, 7) is 1.87. The lowest BCUT2D eigenvalue weighted by Gasteiger charge is -2.16. The largest absolute Gasteiger partial charge is 0.369 e. The van der Waals surface area contributed by atoms with E-state index < -0.39 is 9.84 Å². The molecule has 2 aromatic rings. The van der Waals surface area contributed by atoms with Crippen molar-refractivity contribution in [1.82, 2.24) is 14.9 Å². The van der Waals surface area contributed by atoms with Gasteiger partial charge in [0.05, 0.1) is 16.2 Å². The van der Waals surface area contributed by atoms with Crippen LogP contribution in [0.5, 0.6) is 0 Å². The molecule has 0 spiro atoms. The zero-order valence-corrected chi connectivity index (χ0v) is 18.1. The van der Waals surface area contributed by atoms with Crippen LogP contribution >= 0.6 is 23.2 Å². The summed E-state index contributed by atoms with van der Waals surface area (Å²) in [6.07, 6.45) is 4.52. The number of amides is 1. The number of carbonyl (C=O) groups excluding carboxylic acids is 1. The van der Waals surface area contributed by atoms with Crippen LogP contribution < -0.4 is 10.6 Å². The predicted molar refractivity (Wildman–Crippen MR) is 114 cm³/mol. The van der Waals surface area contributed by atoms with Crippen molar-refractivity contribution in [2.75, 3.05) is 36.5 Å². The Labute approximate surface area is 179 Å². The van der Waals surface area contributed by atoms with E-state index in [1.807, 2.05) is 4.90 Å². The van der Waals surface area contributed by atoms with Crippen LogP contribution in [-0.2, 0) is 14.6 Å². The number of nitrogens with one attached hydrogen (secondary N) is 2. The van der Waals surface area contributed by atoms with Gasteiger partial charge < -0.3 is 15.5 Å². The van der Waals surface area contributed by atoms with E-state index in [1.165, 1.54) is 6.20 Å². The lowest BCUT2D eigenvalue weighted by molar-refractivity contribution is -0.127. The summed E-state index contributed by atoms with van der Waals surface area (Å²) in [5, 5.41) is 6.82. The molecule has 0 radical (unpaired) electrons. The molecule has 2 N–H and O–H groups in total. The molecular formula is C18H21Cl2N5O3S. The molecule has 11 heteroatoms. The van der Waals surface area contributed by atoms with E-state index in [0.717, 1.165) is 19.2 Å². The number of hydrogen-bond donors (Lipinski definition) is 2. The zero-order valence-electron chi connectivity index (χ0n) is 15.8. The molecule has 0 bridgehead atoms. The fraction of sp³-hybridized carbons (Fsp3) is 0.389. The van der Waals surface area contributed by atoms with E-state index in [0.29, 0.717) is 41.7 Å². The molecule has 1 amide bonds. The highest BCUT2D eigenvalue weighted by Crippen LogP contribution is 2.27. The first-order valence-electron chi connectivity index (χ1n) is 9.05. The average molecular weight is 458 g/mol. The Morgan fingerprint density at radius 3 is 2.69 bits per heavy atom. The molecule has 1 aromatic carbocycles. The van der Waals surface area contributed by atoms with Crippen molar-refractivity contribution in [3.8, 4) is 0 Å². The maximum Gasteiger partial charge on any atom is 0.229 e. The molecule has 0 unspecified atom stereocenters. The molecule has 2 heterocycles. The molecule has 29 heavy (non-hydrogen) atoms. The van der Waals surface area contributed by atoms with Gasteiger partial charge in [0.25, 0.3) is 0 Å². The molecule has 1 saturated heterocycles. The third-order valence-corrected chi connectivity index (χ3v) is 6.24. The highest BCUT2D eigenvalue weighted by Gasteiger charge is 2.20. The van der Waals surface area contributed by atoms with Crippen LogP contribution in [0, 0.1) is 0 Å². The average Bonchev–Trinajstić information content (AvgIpc) is 3.06. The van der Waals surface area contributed by atoms with Gasteiger partial charge in [-0.1, -0.05) is 23.2 Å². The van der Waals surface area contributed by atoms with E-state index >= 15 is 0 Å². The van der Waals surface area contributed by atoms with Gasteiger partial charge in [0.15, 0.2) is 15.7 Å². The highest BCUT2D eigenvalue weighted by atomic mass is 35.5. The minimum atomic E-state index is -3.52. The van der Waals surface area contributed by atoms with Gasteiger partial charge in [0.1, 0.15) is 4.90 Å². The molecular weight excluding hydrogens is 437 g/mol. The summed E-state index contributed by atoms with van der Waals surface area (Å²) in [4.78, 5) is 21.9. The number of carbonyl (C=O) groups is 1. The van der Waals surface area contributed by atoms with Crippen molar-refractivity contribution in [2.45, 2.75) is 24.2 Å². The van der Waals surface area contributed by atoms with E-state index in [2.05, 4.69) is 20.6 Å². The lowest BCUT2D eigenvalue weighted by atomic mass is 10.3. The number of aromatic nitrogens is 2. The number of hydrogen-bond acceptors (Lipinski definition) is 7. The van der Waals surface area contributed by atoms with Gasteiger partial charge in [0.2, 0.25) is 11.9 Å². The lowest BCUT2D eigenvalue weighted by Crippen LogP contribution is -2.27. The number of benzene rings is 1. The molecule has 8 nitrogen and oxygen atoms in total. The van der Waals surface area contributed by atoms with Crippen LogP contribution in [0.1, 0.15) is 19.3 Å². The Morgan fingerprint density at radius 1 is 1.24 bits per heavy atom. The third kappa shape index (κ3) is 5.71. The Morgan fingerprint density at radius 2 is 2.03 bits per heavy atom. The van der Waals surface area contributed by atoms with Crippen molar-refractivity contribution in [3.05, 3.63) is 34.4 Å². The van der Waals surface area contributed by atoms with Crippen molar-refractivity contribution < 1.29 is 13.2 Å². The summed E-state index contributed by atoms with van der Waals surface area (Å²) in [7, 11) is -3.52. The standard InChI is InChI=1S/C18H21Cl2N5O3S/c1-29(27,28)15-11-22-18(23-12-5-6-13(19)14(20)10-12)24-17(15)21-7-3-9-25-8-2-4-16(25)26/h5-6,10-11H,2-4,7-9H2,1H3,(H2,21,22,23,24). The monoisotopic (exact) mass is 457 g/mol. The number of likely N-dealkylation sites (tertiary alicyclic amines) is 1. The molecule has 1 aromatic heterocycles. The first-order chi connectivity index (χ1) is 13.7. The van der Waals surface area contributed by atoms with Gasteiger partial charge >= 0.3 is 0 Å². The summed E-state index contributed by atoms with van der Waals surface area (Å²) < 4.78 is 24.1. The molecule has 3 rings (SSSR count). The topological polar surface area (TPSA) is 104 Å². The summed E-state index contributed by atoms with van der Waals surface area (Å²) in [5.74, 6) is 0.586. The second kappa shape index (κ2) is 9.15. The minimum Gasteiger partial charge on any atom is -0.369 e. The van der Waals surface area contributed by atoms with Crippen LogP contribution in [-0.4, -0.2) is 55.1 Å². The van der Waals surface area contributed by atoms with Crippen molar-refractivity contribution in [3.63, 3.8) is 0 Å². The van der Waals surface area contributed by atoms with E-state index in [9.17, 15) is 13.2 Å². The summed E-state index contributed by atoms with van der Waals surface area (Å²) in [5.41, 5.74) is 0.616. The molecule has 1 fully saturated rings. The third-order valence-electron chi connectivity index (χ3n) is 4.40. The van der Waals surface area contributed by atoms with Crippen LogP contribution in [0.4, 0.5) is 17.5 Å². The maximum absolute atomic E-state index is 12.1. The van der Waals surface area contributed by atoms with Crippen molar-refractivity contribution in [1.29, 1.82) is 0 Å². The van der Waals surface area contributed by atoms with Crippen molar-refractivity contribution in [2.24, 2.45) is 0 Å². The predicted octanol–water partition coefficient (Wildman–Crippen LogP) is 3.35. The second-order valence-electron chi connectivity index (χ2n) is 6.70. The molecule has 0 aliphatic carbocycles. The smallest absolute Gasteiger partial charge is 0.229 e. The number of halogens is 2. The van der Waals surface area contributed by atoms with E-state index in [4.69, 9.17) is 23.2 Å². The number of rotatable bonds is 8. The first kappa shape index (κ1) is 21.6. The molecule has 1 aliphatic rings. The fourth-order valence-electron chi connectivity index (χ4n) is 2.95. The minimum absolute atomic E-state index is 0.00874. The van der Waals surface area contributed by atoms with Crippen LogP contribution in [0.15, 0.2) is 29.3 Å². The normalized spacial score (nSPS) is 14.3. The Kier molecular flexibility index (Phi) is 6.81. The summed E-state index contributed by atoms with van der Waals surface area (Å²) >= 11 is 11.9. The fourth-order valence-corrected chi connectivity index (χ4v) is 3.96. The van der Waals surface area contributed by atoms with Gasteiger partial charge in [-0.25, -0.2) is 13.4 Å². The Balaban J connectivity index is 1.71. The quantitative estimate of drug-likeness (QED) is 0.585. The van der Waals surface area contributed by atoms with Gasteiger partial charge in [-0.2, -0.15) is 4.98 Å². The Hall–Kier alpha value is -2.10. The summed E-state index contributed by atoms with van der Waals surface area (Å²) in [6, 6.07) is 4.97. The Bertz CT molecular complexity index is 1020. The SMILES string of the molecule is CS(=O)(=O)c1cnc(Nc2ccc(Cl)c(Cl)c2)nc1NCCCN1CCCC1=O. The molecule has 0 atom stereocenters.